The number of nitro benzene ring substituents is 1. The first-order valence-corrected chi connectivity index (χ1v) is 10.00. The van der Waals surface area contributed by atoms with Crippen LogP contribution in [-0.4, -0.2) is 34.2 Å². The van der Waals surface area contributed by atoms with Gasteiger partial charge in [-0.1, -0.05) is 18.2 Å². The van der Waals surface area contributed by atoms with Crippen LogP contribution < -0.4 is 9.47 Å². The number of carbonyl (C=O) groups excluding carboxylic acids is 2. The Bertz CT molecular complexity index is 1090. The van der Waals surface area contributed by atoms with Gasteiger partial charge in [-0.15, -0.1) is 0 Å². The van der Waals surface area contributed by atoms with Crippen LogP contribution in [0.15, 0.2) is 47.4 Å². The molecule has 158 valence electrons. The van der Waals surface area contributed by atoms with E-state index in [-0.39, 0.29) is 23.7 Å². The number of amides is 2. The number of benzene rings is 2. The fourth-order valence-corrected chi connectivity index (χ4v) is 3.64. The second kappa shape index (κ2) is 9.77. The maximum absolute atomic E-state index is 12.7. The number of carbonyl (C=O) groups is 2. The molecule has 0 aromatic heterocycles. The minimum absolute atomic E-state index is 0.0190. The highest BCUT2D eigenvalue weighted by Gasteiger charge is 2.35. The largest absolute Gasteiger partial charge is 0.490 e. The summed E-state index contributed by atoms with van der Waals surface area (Å²) in [6.45, 7) is 2.09. The summed E-state index contributed by atoms with van der Waals surface area (Å²) in [6.07, 6.45) is 1.58. The fourth-order valence-electron chi connectivity index (χ4n) is 2.81. The Morgan fingerprint density at radius 1 is 1.16 bits per heavy atom. The van der Waals surface area contributed by atoms with Crippen LogP contribution in [0.3, 0.4) is 0 Å². The van der Waals surface area contributed by atoms with Crippen molar-refractivity contribution >= 4 is 34.7 Å². The van der Waals surface area contributed by atoms with Crippen molar-refractivity contribution in [1.29, 1.82) is 5.26 Å². The summed E-state index contributed by atoms with van der Waals surface area (Å²) in [5.74, 6) is 0.388. The summed E-state index contributed by atoms with van der Waals surface area (Å²) in [5, 5.41) is 19.0. The molecule has 0 spiro atoms. The van der Waals surface area contributed by atoms with Crippen LogP contribution in [0.1, 0.15) is 18.1 Å². The van der Waals surface area contributed by atoms with Crippen molar-refractivity contribution in [2.75, 3.05) is 13.2 Å². The van der Waals surface area contributed by atoms with Gasteiger partial charge < -0.3 is 9.47 Å². The average Bonchev–Trinajstić information content (AvgIpc) is 3.01. The molecule has 0 N–H and O–H groups in total. The Labute approximate surface area is 182 Å². The molecule has 0 bridgehead atoms. The summed E-state index contributed by atoms with van der Waals surface area (Å²) in [4.78, 5) is 36.7. The molecular weight excluding hydrogens is 422 g/mol. The van der Waals surface area contributed by atoms with Gasteiger partial charge in [0.15, 0.2) is 18.1 Å². The Morgan fingerprint density at radius 2 is 1.90 bits per heavy atom. The molecule has 2 amide bonds. The maximum atomic E-state index is 12.7. The first kappa shape index (κ1) is 21.9. The van der Waals surface area contributed by atoms with E-state index in [1.165, 1.54) is 24.3 Å². The molecule has 3 rings (SSSR count). The number of thioether (sulfide) groups is 1. The number of hydrogen-bond acceptors (Lipinski definition) is 8. The number of ether oxygens (including phenoxy) is 2. The highest BCUT2D eigenvalue weighted by atomic mass is 32.2. The van der Waals surface area contributed by atoms with E-state index in [4.69, 9.17) is 14.7 Å². The lowest BCUT2D eigenvalue weighted by Crippen LogP contribution is -2.27. The van der Waals surface area contributed by atoms with Gasteiger partial charge in [0, 0.05) is 12.1 Å². The molecule has 2 aromatic rings. The van der Waals surface area contributed by atoms with Gasteiger partial charge in [-0.2, -0.15) is 5.26 Å². The van der Waals surface area contributed by atoms with Crippen molar-refractivity contribution in [2.45, 2.75) is 13.5 Å². The molecule has 1 fully saturated rings. The number of nitrogens with zero attached hydrogens (tertiary/aromatic N) is 3. The molecular formula is C21H17N3O6S. The number of nitriles is 1. The van der Waals surface area contributed by atoms with Crippen LogP contribution in [0.4, 0.5) is 10.5 Å². The molecule has 9 nitrogen and oxygen atoms in total. The zero-order valence-corrected chi connectivity index (χ0v) is 17.3. The SMILES string of the molecule is CCOc1cc(/C=C2\SC(=O)N(Cc3ccc([N+](=O)[O-])cc3)C2=O)ccc1OCC#N. The number of imide groups is 1. The van der Waals surface area contributed by atoms with Crippen LogP contribution in [0.2, 0.25) is 0 Å². The minimum Gasteiger partial charge on any atom is -0.490 e. The Kier molecular flexibility index (Phi) is 6.89. The first-order chi connectivity index (χ1) is 14.9. The van der Waals surface area contributed by atoms with Crippen LogP contribution in [-0.2, 0) is 11.3 Å². The zero-order valence-electron chi connectivity index (χ0n) is 16.4. The normalized spacial score (nSPS) is 14.6. The van der Waals surface area contributed by atoms with Gasteiger partial charge in [-0.25, -0.2) is 0 Å². The summed E-state index contributed by atoms with van der Waals surface area (Å²) >= 11 is 0.816. The topological polar surface area (TPSA) is 123 Å². The monoisotopic (exact) mass is 439 g/mol. The second-order valence-electron chi connectivity index (χ2n) is 6.28. The first-order valence-electron chi connectivity index (χ1n) is 9.18. The van der Waals surface area contributed by atoms with E-state index >= 15 is 0 Å². The lowest BCUT2D eigenvalue weighted by molar-refractivity contribution is -0.384. The molecule has 1 aliphatic heterocycles. The molecule has 2 aromatic carbocycles. The number of non-ortho nitro benzene ring substituents is 1. The highest BCUT2D eigenvalue weighted by molar-refractivity contribution is 8.18. The average molecular weight is 439 g/mol. The summed E-state index contributed by atoms with van der Waals surface area (Å²) in [6, 6.07) is 12.6. The molecule has 0 aliphatic carbocycles. The smallest absolute Gasteiger partial charge is 0.293 e. The van der Waals surface area contributed by atoms with E-state index in [9.17, 15) is 19.7 Å². The lowest BCUT2D eigenvalue weighted by Gasteiger charge is -2.12. The number of nitro groups is 1. The molecule has 0 saturated carbocycles. The third-order valence-electron chi connectivity index (χ3n) is 4.22. The van der Waals surface area contributed by atoms with E-state index in [1.54, 1.807) is 24.3 Å². The van der Waals surface area contributed by atoms with Crippen LogP contribution in [0, 0.1) is 21.4 Å². The van der Waals surface area contributed by atoms with E-state index in [1.807, 2.05) is 13.0 Å². The zero-order chi connectivity index (χ0) is 22.4. The summed E-state index contributed by atoms with van der Waals surface area (Å²) in [5.41, 5.74) is 1.17. The van der Waals surface area contributed by atoms with Gasteiger partial charge in [0.25, 0.3) is 16.8 Å². The quantitative estimate of drug-likeness (QED) is 0.342. The van der Waals surface area contributed by atoms with Gasteiger partial charge in [0.2, 0.25) is 0 Å². The van der Waals surface area contributed by atoms with Gasteiger partial charge in [0.05, 0.1) is 23.0 Å². The standard InChI is InChI=1S/C21H17N3O6S/c1-2-29-18-11-15(5-8-17(18)30-10-9-22)12-19-20(25)23(21(26)31-19)13-14-3-6-16(7-4-14)24(27)28/h3-8,11-12H,2,10,13H2,1H3/b19-12-. The molecule has 1 aliphatic rings. The van der Waals surface area contributed by atoms with Crippen LogP contribution >= 0.6 is 11.8 Å². The predicted molar refractivity (Wildman–Crippen MR) is 113 cm³/mol. The summed E-state index contributed by atoms with van der Waals surface area (Å²) in [7, 11) is 0. The molecule has 0 radical (unpaired) electrons. The molecule has 1 saturated heterocycles. The molecule has 10 heteroatoms. The minimum atomic E-state index is -0.514. The van der Waals surface area contributed by atoms with Gasteiger partial charge >= 0.3 is 0 Å². The molecule has 31 heavy (non-hydrogen) atoms. The number of rotatable bonds is 8. The maximum Gasteiger partial charge on any atom is 0.293 e. The third kappa shape index (κ3) is 5.21. The van der Waals surface area contributed by atoms with Crippen molar-refractivity contribution in [2.24, 2.45) is 0 Å². The predicted octanol–water partition coefficient (Wildman–Crippen LogP) is 4.13. The van der Waals surface area contributed by atoms with Crippen molar-refractivity contribution in [3.8, 4) is 17.6 Å². The third-order valence-corrected chi connectivity index (χ3v) is 5.13. The van der Waals surface area contributed by atoms with Crippen LogP contribution in [0.5, 0.6) is 11.5 Å². The van der Waals surface area contributed by atoms with E-state index in [0.717, 1.165) is 16.7 Å². The Balaban J connectivity index is 1.78. The molecule has 0 unspecified atom stereocenters. The molecule has 0 atom stereocenters. The Hall–Kier alpha value is -3.84. The molecule has 1 heterocycles. The van der Waals surface area contributed by atoms with Gasteiger partial charge in [-0.3, -0.25) is 24.6 Å². The van der Waals surface area contributed by atoms with Gasteiger partial charge in [-0.05, 0) is 48.0 Å². The van der Waals surface area contributed by atoms with E-state index < -0.39 is 16.1 Å². The van der Waals surface area contributed by atoms with E-state index in [2.05, 4.69) is 0 Å². The fraction of sp³-hybridized carbons (Fsp3) is 0.190. The number of hydrogen-bond donors (Lipinski definition) is 0. The van der Waals surface area contributed by atoms with Crippen molar-refractivity contribution in [1.82, 2.24) is 4.90 Å². The van der Waals surface area contributed by atoms with E-state index in [0.29, 0.717) is 29.2 Å². The van der Waals surface area contributed by atoms with Crippen LogP contribution in [0.25, 0.3) is 6.08 Å². The van der Waals surface area contributed by atoms with Crippen molar-refractivity contribution < 1.29 is 24.0 Å². The Morgan fingerprint density at radius 3 is 2.55 bits per heavy atom. The lowest BCUT2D eigenvalue weighted by atomic mass is 10.1. The van der Waals surface area contributed by atoms with Crippen molar-refractivity contribution in [3.05, 3.63) is 68.6 Å². The second-order valence-corrected chi connectivity index (χ2v) is 7.27. The highest BCUT2D eigenvalue weighted by Crippen LogP contribution is 2.35. The van der Waals surface area contributed by atoms with Gasteiger partial charge in [0.1, 0.15) is 6.07 Å². The summed E-state index contributed by atoms with van der Waals surface area (Å²) < 4.78 is 10.9. The van der Waals surface area contributed by atoms with Crippen molar-refractivity contribution in [3.63, 3.8) is 0 Å².